The average molecular weight is 329 g/mol. The molecule has 0 saturated carbocycles. The van der Waals surface area contributed by atoms with Crippen molar-refractivity contribution in [3.63, 3.8) is 0 Å². The van der Waals surface area contributed by atoms with E-state index in [1.54, 1.807) is 12.1 Å². The van der Waals surface area contributed by atoms with Crippen LogP contribution in [-0.4, -0.2) is 25.1 Å². The fourth-order valence-electron chi connectivity index (χ4n) is 1.87. The summed E-state index contributed by atoms with van der Waals surface area (Å²) < 4.78 is 17.9. The fourth-order valence-corrected chi connectivity index (χ4v) is 1.87. The van der Waals surface area contributed by atoms with Crippen LogP contribution in [0, 0.1) is 5.82 Å². The Labute approximate surface area is 138 Å². The van der Waals surface area contributed by atoms with Crippen LogP contribution >= 0.6 is 0 Å². The van der Waals surface area contributed by atoms with Crippen LogP contribution in [0.5, 0.6) is 5.75 Å². The minimum Gasteiger partial charge on any atom is -0.496 e. The maximum atomic E-state index is 12.8. The lowest BCUT2D eigenvalue weighted by molar-refractivity contribution is -0.126. The normalized spacial score (nSPS) is 10.4. The Morgan fingerprint density at radius 1 is 1.12 bits per heavy atom. The first-order chi connectivity index (χ1) is 11.6. The predicted molar refractivity (Wildman–Crippen MR) is 88.4 cm³/mol. The molecule has 7 heteroatoms. The van der Waals surface area contributed by atoms with Gasteiger partial charge in [-0.2, -0.15) is 5.10 Å². The molecule has 0 fully saturated rings. The topological polar surface area (TPSA) is 79.8 Å². The smallest absolute Gasteiger partial charge is 0.249 e. The largest absolute Gasteiger partial charge is 0.496 e. The number of amides is 2. The summed E-state index contributed by atoms with van der Waals surface area (Å²) in [6.45, 7) is 0. The van der Waals surface area contributed by atoms with Crippen LogP contribution in [-0.2, 0) is 9.59 Å². The third kappa shape index (κ3) is 5.20. The number of ether oxygens (including phenoxy) is 1. The van der Waals surface area contributed by atoms with Gasteiger partial charge >= 0.3 is 0 Å². The molecule has 0 unspecified atom stereocenters. The Kier molecular flexibility index (Phi) is 6.01. The molecule has 2 amide bonds. The summed E-state index contributed by atoms with van der Waals surface area (Å²) in [5.41, 5.74) is 3.36. The van der Waals surface area contributed by atoms with Gasteiger partial charge in [0.25, 0.3) is 0 Å². The number of nitrogens with zero attached hydrogens (tertiary/aromatic N) is 1. The lowest BCUT2D eigenvalue weighted by Gasteiger charge is -2.05. The zero-order valence-corrected chi connectivity index (χ0v) is 13.0. The van der Waals surface area contributed by atoms with E-state index in [1.165, 1.54) is 37.6 Å². The van der Waals surface area contributed by atoms with E-state index in [0.29, 0.717) is 17.0 Å². The van der Waals surface area contributed by atoms with Crippen molar-refractivity contribution in [3.8, 4) is 5.75 Å². The third-order valence-electron chi connectivity index (χ3n) is 2.98. The molecule has 0 aromatic heterocycles. The summed E-state index contributed by atoms with van der Waals surface area (Å²) in [5, 5.41) is 6.28. The molecule has 124 valence electrons. The van der Waals surface area contributed by atoms with Gasteiger partial charge in [-0.25, -0.2) is 9.82 Å². The molecule has 0 radical (unpaired) electrons. The van der Waals surface area contributed by atoms with Crippen molar-refractivity contribution in [2.24, 2.45) is 5.10 Å². The molecule has 0 aliphatic rings. The van der Waals surface area contributed by atoms with Crippen LogP contribution in [0.1, 0.15) is 12.0 Å². The van der Waals surface area contributed by atoms with Crippen molar-refractivity contribution in [1.82, 2.24) is 5.43 Å². The lowest BCUT2D eigenvalue weighted by Crippen LogP contribution is -2.24. The number of benzene rings is 2. The maximum Gasteiger partial charge on any atom is 0.249 e. The van der Waals surface area contributed by atoms with Crippen molar-refractivity contribution in [2.45, 2.75) is 6.42 Å². The minimum absolute atomic E-state index is 0.402. The maximum absolute atomic E-state index is 12.8. The van der Waals surface area contributed by atoms with Crippen molar-refractivity contribution < 1.29 is 18.7 Å². The zero-order chi connectivity index (χ0) is 17.4. The number of rotatable bonds is 6. The number of hydrazone groups is 1. The molecule has 0 spiro atoms. The Balaban J connectivity index is 1.83. The summed E-state index contributed by atoms with van der Waals surface area (Å²) >= 11 is 0. The number of hydrogen-bond acceptors (Lipinski definition) is 4. The molecule has 0 aliphatic carbocycles. The number of anilines is 1. The first kappa shape index (κ1) is 17.1. The molecule has 0 bridgehead atoms. The molecule has 24 heavy (non-hydrogen) atoms. The number of carbonyl (C=O) groups excluding carboxylic acids is 2. The zero-order valence-electron chi connectivity index (χ0n) is 13.0. The Morgan fingerprint density at radius 2 is 1.83 bits per heavy atom. The highest BCUT2D eigenvalue weighted by Crippen LogP contribution is 2.14. The van der Waals surface area contributed by atoms with Gasteiger partial charge in [0, 0.05) is 11.3 Å². The van der Waals surface area contributed by atoms with E-state index in [9.17, 15) is 14.0 Å². The number of hydrogen-bond donors (Lipinski definition) is 2. The monoisotopic (exact) mass is 329 g/mol. The molecular formula is C17H16FN3O3. The number of nitrogens with one attached hydrogen (secondary N) is 2. The summed E-state index contributed by atoms with van der Waals surface area (Å²) in [6.07, 6.45) is 1.02. The van der Waals surface area contributed by atoms with Crippen LogP contribution in [0.3, 0.4) is 0 Å². The first-order valence-corrected chi connectivity index (χ1v) is 7.09. The second-order valence-electron chi connectivity index (χ2n) is 4.77. The number of para-hydroxylation sites is 1. The Bertz CT molecular complexity index is 745. The van der Waals surface area contributed by atoms with E-state index in [0.717, 1.165) is 0 Å². The average Bonchev–Trinajstić information content (AvgIpc) is 2.57. The SMILES string of the molecule is COc1ccccc1C=NNC(=O)CC(=O)Nc1ccc(F)cc1. The molecule has 0 saturated heterocycles. The molecule has 6 nitrogen and oxygen atoms in total. The van der Waals surface area contributed by atoms with Gasteiger partial charge in [0.05, 0.1) is 13.3 Å². The van der Waals surface area contributed by atoms with Gasteiger partial charge in [-0.1, -0.05) is 12.1 Å². The first-order valence-electron chi connectivity index (χ1n) is 7.09. The summed E-state index contributed by atoms with van der Waals surface area (Å²) in [7, 11) is 1.53. The number of carbonyl (C=O) groups is 2. The highest BCUT2D eigenvalue weighted by molar-refractivity contribution is 6.03. The fraction of sp³-hybridized carbons (Fsp3) is 0.118. The van der Waals surface area contributed by atoms with Gasteiger partial charge in [-0.3, -0.25) is 9.59 Å². The summed E-state index contributed by atoms with van der Waals surface area (Å²) in [4.78, 5) is 23.4. The Hall–Kier alpha value is -3.22. The van der Waals surface area contributed by atoms with Gasteiger partial charge in [0.15, 0.2) is 0 Å². The van der Waals surface area contributed by atoms with E-state index >= 15 is 0 Å². The van der Waals surface area contributed by atoms with Crippen molar-refractivity contribution >= 4 is 23.7 Å². The quantitative estimate of drug-likeness (QED) is 0.485. The molecule has 2 aromatic carbocycles. The third-order valence-corrected chi connectivity index (χ3v) is 2.98. The number of methoxy groups -OCH3 is 1. The highest BCUT2D eigenvalue weighted by Gasteiger charge is 2.09. The van der Waals surface area contributed by atoms with E-state index in [2.05, 4.69) is 15.8 Å². The van der Waals surface area contributed by atoms with Crippen molar-refractivity contribution in [3.05, 3.63) is 59.9 Å². The second-order valence-corrected chi connectivity index (χ2v) is 4.77. The molecule has 0 atom stereocenters. The number of halogens is 1. The molecule has 2 rings (SSSR count). The molecule has 2 aromatic rings. The summed E-state index contributed by atoms with van der Waals surface area (Å²) in [5.74, 6) is -0.881. The predicted octanol–water partition coefficient (Wildman–Crippen LogP) is 2.31. The highest BCUT2D eigenvalue weighted by atomic mass is 19.1. The van der Waals surface area contributed by atoms with E-state index in [4.69, 9.17) is 4.74 Å². The van der Waals surface area contributed by atoms with Crippen LogP contribution in [0.25, 0.3) is 0 Å². The molecule has 0 aliphatic heterocycles. The summed E-state index contributed by atoms with van der Waals surface area (Å²) in [6, 6.07) is 12.4. The van der Waals surface area contributed by atoms with E-state index in [-0.39, 0.29) is 0 Å². The van der Waals surface area contributed by atoms with Crippen LogP contribution in [0.15, 0.2) is 53.6 Å². The minimum atomic E-state index is -0.569. The second kappa shape index (κ2) is 8.42. The van der Waals surface area contributed by atoms with Gasteiger partial charge < -0.3 is 10.1 Å². The molecule has 0 heterocycles. The van der Waals surface area contributed by atoms with Gasteiger partial charge in [0.1, 0.15) is 18.0 Å². The van der Waals surface area contributed by atoms with Gasteiger partial charge in [-0.05, 0) is 36.4 Å². The molecular weight excluding hydrogens is 313 g/mol. The van der Waals surface area contributed by atoms with E-state index in [1.807, 2.05) is 12.1 Å². The van der Waals surface area contributed by atoms with Crippen LogP contribution < -0.4 is 15.5 Å². The van der Waals surface area contributed by atoms with Crippen molar-refractivity contribution in [2.75, 3.05) is 12.4 Å². The Morgan fingerprint density at radius 3 is 2.54 bits per heavy atom. The van der Waals surface area contributed by atoms with Crippen molar-refractivity contribution in [1.29, 1.82) is 0 Å². The van der Waals surface area contributed by atoms with Crippen LogP contribution in [0.2, 0.25) is 0 Å². The molecule has 2 N–H and O–H groups in total. The van der Waals surface area contributed by atoms with E-state index < -0.39 is 24.1 Å². The van der Waals surface area contributed by atoms with Gasteiger partial charge in [0.2, 0.25) is 11.8 Å². The standard InChI is InChI=1S/C17H16FN3O3/c1-24-15-5-3-2-4-12(15)11-19-21-17(23)10-16(22)20-14-8-6-13(18)7-9-14/h2-9,11H,10H2,1H3,(H,20,22)(H,21,23). The lowest BCUT2D eigenvalue weighted by atomic mass is 10.2. The van der Waals surface area contributed by atoms with Crippen LogP contribution in [0.4, 0.5) is 10.1 Å². The van der Waals surface area contributed by atoms with Gasteiger partial charge in [-0.15, -0.1) is 0 Å².